The van der Waals surface area contributed by atoms with Gasteiger partial charge in [0, 0.05) is 12.1 Å². The Kier molecular flexibility index (Phi) is 32.0. The molecule has 0 aliphatic carbocycles. The van der Waals surface area contributed by atoms with Crippen LogP contribution < -0.4 is 5.32 Å². The molecule has 0 aromatic heterocycles. The highest BCUT2D eigenvalue weighted by Crippen LogP contribution is 2.15. The fourth-order valence-corrected chi connectivity index (χ4v) is 6.50. The maximum atomic E-state index is 5.08. The molecule has 0 unspecified atom stereocenters. The second kappa shape index (κ2) is 34.7. The van der Waals surface area contributed by atoms with Crippen molar-refractivity contribution in [3.63, 3.8) is 0 Å². The lowest BCUT2D eigenvalue weighted by Gasteiger charge is -2.21. The molecule has 1 aromatic carbocycles. The number of rotatable bonds is 35. The molecule has 0 aliphatic heterocycles. The molecule has 0 aliphatic rings. The summed E-state index contributed by atoms with van der Waals surface area (Å²) in [5.41, 5.74) is 1.16. The topological polar surface area (TPSA) is 27.6 Å². The molecule has 46 heavy (non-hydrogen) atoms. The van der Waals surface area contributed by atoms with Crippen LogP contribution in [0.2, 0.25) is 0 Å². The molecule has 266 valence electrons. The molecule has 0 atom stereocenters. The Morgan fingerprint density at radius 3 is 1.24 bits per heavy atom. The van der Waals surface area contributed by atoms with Crippen LogP contribution in [0.5, 0.6) is 0 Å². The van der Waals surface area contributed by atoms with Crippen molar-refractivity contribution in [3.05, 3.63) is 48.6 Å². The van der Waals surface area contributed by atoms with E-state index < -0.39 is 0 Å². The summed E-state index contributed by atoms with van der Waals surface area (Å²) in [6.45, 7) is 12.4. The highest BCUT2D eigenvalue weighted by Gasteiger charge is 2.07. The second-order valence-electron chi connectivity index (χ2n) is 14.0. The van der Waals surface area contributed by atoms with Crippen molar-refractivity contribution in [1.29, 1.82) is 0 Å². The van der Waals surface area contributed by atoms with Crippen LogP contribution in [0.25, 0.3) is 0 Å². The van der Waals surface area contributed by atoms with E-state index >= 15 is 0 Å². The van der Waals surface area contributed by atoms with Gasteiger partial charge in [0.2, 0.25) is 0 Å². The van der Waals surface area contributed by atoms with Crippen molar-refractivity contribution in [2.75, 3.05) is 26.3 Å². The Morgan fingerprint density at radius 1 is 0.543 bits per heavy atom. The molecule has 0 amide bonds. The number of amidine groups is 1. The lowest BCUT2D eigenvalue weighted by molar-refractivity contribution is 0.268. The molecule has 1 aromatic rings. The zero-order valence-electron chi connectivity index (χ0n) is 31.2. The van der Waals surface area contributed by atoms with E-state index in [1.807, 2.05) is 6.08 Å². The number of benzene rings is 1. The highest BCUT2D eigenvalue weighted by molar-refractivity contribution is 5.98. The third kappa shape index (κ3) is 27.5. The van der Waals surface area contributed by atoms with Crippen LogP contribution >= 0.6 is 0 Å². The van der Waals surface area contributed by atoms with Crippen molar-refractivity contribution in [2.24, 2.45) is 4.99 Å². The minimum atomic E-state index is 0.742. The molecule has 0 saturated heterocycles. The van der Waals surface area contributed by atoms with Gasteiger partial charge in [-0.05, 0) is 25.9 Å². The number of nitrogens with one attached hydrogen (secondary N) is 1. The molecule has 0 spiro atoms. The largest absolute Gasteiger partial charge is 0.366 e. The Labute approximate surface area is 288 Å². The van der Waals surface area contributed by atoms with Crippen LogP contribution in [0.1, 0.15) is 199 Å². The molecule has 0 heterocycles. The number of hydrogen-bond donors (Lipinski definition) is 1. The van der Waals surface area contributed by atoms with Crippen molar-refractivity contribution in [1.82, 2.24) is 10.2 Å². The summed E-state index contributed by atoms with van der Waals surface area (Å²) in [5, 5.41) is 3.49. The molecule has 0 saturated carbocycles. The van der Waals surface area contributed by atoms with Crippen molar-refractivity contribution >= 4 is 5.84 Å². The van der Waals surface area contributed by atoms with E-state index in [1.165, 1.54) is 193 Å². The fourth-order valence-electron chi connectivity index (χ4n) is 6.50. The Morgan fingerprint density at radius 2 is 0.891 bits per heavy atom. The normalized spacial score (nSPS) is 11.8. The van der Waals surface area contributed by atoms with E-state index in [4.69, 9.17) is 4.99 Å². The van der Waals surface area contributed by atoms with Crippen LogP contribution in [0.4, 0.5) is 0 Å². The summed E-state index contributed by atoms with van der Waals surface area (Å²) >= 11 is 0. The van der Waals surface area contributed by atoms with Gasteiger partial charge in [-0.3, -0.25) is 9.89 Å². The summed E-state index contributed by atoms with van der Waals surface area (Å²) in [4.78, 5) is 7.70. The molecule has 0 radical (unpaired) electrons. The van der Waals surface area contributed by atoms with Gasteiger partial charge in [-0.2, -0.15) is 0 Å². The molecule has 1 rings (SSSR count). The van der Waals surface area contributed by atoms with E-state index in [-0.39, 0.29) is 0 Å². The summed E-state index contributed by atoms with van der Waals surface area (Å²) in [6, 6.07) is 10.6. The van der Waals surface area contributed by atoms with Crippen molar-refractivity contribution in [2.45, 2.75) is 194 Å². The minimum absolute atomic E-state index is 0.742. The summed E-state index contributed by atoms with van der Waals surface area (Å²) < 4.78 is 0. The molecular weight excluding hydrogens is 558 g/mol. The van der Waals surface area contributed by atoms with Crippen molar-refractivity contribution < 1.29 is 0 Å². The number of aliphatic imine (C=N–C) groups is 1. The lowest BCUT2D eigenvalue weighted by atomic mass is 10.0. The quantitative estimate of drug-likeness (QED) is 0.0347. The molecule has 3 heteroatoms. The molecule has 3 nitrogen and oxygen atoms in total. The first-order valence-electron chi connectivity index (χ1n) is 20.5. The SMILES string of the molecule is C=CCNC(=NCN(CCCCCCCCCCCCCCCC)CCCCCCCCCCCCCCCC)c1ccccc1. The molecule has 0 fully saturated rings. The van der Waals surface area contributed by atoms with E-state index in [9.17, 15) is 0 Å². The zero-order valence-corrected chi connectivity index (χ0v) is 31.2. The first-order valence-corrected chi connectivity index (χ1v) is 20.5. The van der Waals surface area contributed by atoms with Gasteiger partial charge in [0.1, 0.15) is 5.84 Å². The van der Waals surface area contributed by atoms with Crippen LogP contribution in [0.3, 0.4) is 0 Å². The van der Waals surface area contributed by atoms with E-state index in [1.54, 1.807) is 0 Å². The maximum absolute atomic E-state index is 5.08. The third-order valence-electron chi connectivity index (χ3n) is 9.55. The van der Waals surface area contributed by atoms with Gasteiger partial charge in [-0.15, -0.1) is 6.58 Å². The van der Waals surface area contributed by atoms with Crippen LogP contribution in [-0.4, -0.2) is 37.0 Å². The summed E-state index contributed by atoms with van der Waals surface area (Å²) in [7, 11) is 0. The Bertz CT molecular complexity index is 742. The minimum Gasteiger partial charge on any atom is -0.366 e. The van der Waals surface area contributed by atoms with Gasteiger partial charge in [-0.1, -0.05) is 217 Å². The fraction of sp³-hybridized carbons (Fsp3) is 0.791. The van der Waals surface area contributed by atoms with Crippen LogP contribution in [0.15, 0.2) is 48.0 Å². The molecular formula is C43H79N3. The second-order valence-corrected chi connectivity index (χ2v) is 14.0. The van der Waals surface area contributed by atoms with Gasteiger partial charge >= 0.3 is 0 Å². The Balaban J connectivity index is 2.30. The van der Waals surface area contributed by atoms with Crippen molar-refractivity contribution in [3.8, 4) is 0 Å². The monoisotopic (exact) mass is 638 g/mol. The average molecular weight is 638 g/mol. The summed E-state index contributed by atoms with van der Waals surface area (Å²) in [5.74, 6) is 0.993. The highest BCUT2D eigenvalue weighted by atomic mass is 15.2. The van der Waals surface area contributed by atoms with Gasteiger partial charge < -0.3 is 5.32 Å². The smallest absolute Gasteiger partial charge is 0.129 e. The van der Waals surface area contributed by atoms with Crippen LogP contribution in [0, 0.1) is 0 Å². The third-order valence-corrected chi connectivity index (χ3v) is 9.55. The number of unbranched alkanes of at least 4 members (excludes halogenated alkanes) is 26. The Hall–Kier alpha value is -1.61. The molecule has 1 N–H and O–H groups in total. The average Bonchev–Trinajstić information content (AvgIpc) is 3.08. The van der Waals surface area contributed by atoms with Gasteiger partial charge in [0.15, 0.2) is 0 Å². The standard InChI is InChI=1S/C43H79N3/c1-4-7-9-11-13-15-17-19-21-23-25-27-29-34-39-46(41-45-43(44-38-6-3)42-36-32-31-33-37-42)40-35-30-28-26-24-22-20-18-16-14-12-10-8-5-2/h6,31-33,36-37H,3-5,7-30,34-35,38-41H2,1-2H3,(H,44,45). The predicted octanol–water partition coefficient (Wildman–Crippen LogP) is 13.4. The lowest BCUT2D eigenvalue weighted by Crippen LogP contribution is -2.30. The van der Waals surface area contributed by atoms with Crippen LogP contribution in [-0.2, 0) is 0 Å². The van der Waals surface area contributed by atoms with Gasteiger partial charge in [-0.25, -0.2) is 0 Å². The predicted molar refractivity (Wildman–Crippen MR) is 208 cm³/mol. The first-order chi connectivity index (χ1) is 22.8. The number of nitrogens with zero attached hydrogens (tertiary/aromatic N) is 2. The summed E-state index contributed by atoms with van der Waals surface area (Å²) in [6.07, 6.45) is 41.5. The molecule has 0 bridgehead atoms. The van der Waals surface area contributed by atoms with Gasteiger partial charge in [0.25, 0.3) is 0 Å². The van der Waals surface area contributed by atoms with Gasteiger partial charge in [0.05, 0.1) is 6.67 Å². The van der Waals surface area contributed by atoms with E-state index in [0.717, 1.165) is 24.6 Å². The van der Waals surface area contributed by atoms with E-state index in [0.29, 0.717) is 0 Å². The number of hydrogen-bond acceptors (Lipinski definition) is 2. The maximum Gasteiger partial charge on any atom is 0.129 e. The zero-order chi connectivity index (χ0) is 33.0. The van der Waals surface area contributed by atoms with E-state index in [2.05, 4.69) is 61.0 Å². The first kappa shape index (κ1) is 42.4.